The molecule has 12 aromatic rings. The SMILES string of the molecule is CS(=O)(=O)OCCCn1c2ccccc2c2ccccc21.CS(=O)(=O)OCCCn1c2ccccc2c2ccccc21.C[C@@H]1CN(CCCn2c3ccccc3c3ccccc32)C[C@H](C)N1.Cl.Cl.OCCCn1c2ccccc2c2ccccc21. The Kier molecular flexibility index (Phi) is 22.3. The Bertz CT molecular complexity index is 4010. The number of piperazine rings is 1. The molecule has 1 fully saturated rings. The normalized spacial score (nSPS) is 14.6. The molecule has 8 aromatic carbocycles. The maximum absolute atomic E-state index is 11.0. The van der Waals surface area contributed by atoms with Crippen molar-refractivity contribution >= 4 is 132 Å². The highest BCUT2D eigenvalue weighted by Gasteiger charge is 2.21. The van der Waals surface area contributed by atoms with E-state index in [0.29, 0.717) is 24.9 Å². The number of hydrogen-bond acceptors (Lipinski definition) is 9. The summed E-state index contributed by atoms with van der Waals surface area (Å²) in [6.07, 6.45) is 5.44. The van der Waals surface area contributed by atoms with E-state index in [1.807, 2.05) is 48.5 Å². The van der Waals surface area contributed by atoms with Crippen LogP contribution in [0.1, 0.15) is 39.5 Å². The summed E-state index contributed by atoms with van der Waals surface area (Å²) in [6, 6.07) is 68.7. The molecule has 1 saturated heterocycles. The first-order valence-corrected chi connectivity index (χ1v) is 32.5. The number of aliphatic hydroxyl groups is 1. The molecule has 0 unspecified atom stereocenters. The van der Waals surface area contributed by atoms with Crippen molar-refractivity contribution in [2.45, 2.75) is 77.8 Å². The van der Waals surface area contributed by atoms with E-state index < -0.39 is 20.2 Å². The van der Waals surface area contributed by atoms with Gasteiger partial charge in [-0.05, 0) is 94.6 Å². The number of fused-ring (bicyclic) bond motifs is 12. The average Bonchev–Trinajstić information content (AvgIpc) is 3.48. The molecule has 2 atom stereocenters. The zero-order valence-electron chi connectivity index (χ0n) is 48.8. The number of aliphatic hydroxyl groups excluding tert-OH is 1. The average molecular weight is 1230 g/mol. The lowest BCUT2D eigenvalue weighted by molar-refractivity contribution is 0.170. The number of nitrogens with zero attached hydrogens (tertiary/aromatic N) is 5. The summed E-state index contributed by atoms with van der Waals surface area (Å²) < 4.78 is 62.8. The molecule has 5 heterocycles. The van der Waals surface area contributed by atoms with Crippen LogP contribution < -0.4 is 5.32 Å². The quantitative estimate of drug-likeness (QED) is 0.0673. The lowest BCUT2D eigenvalue weighted by atomic mass is 10.1. The second kappa shape index (κ2) is 29.6. The van der Waals surface area contributed by atoms with E-state index in [9.17, 15) is 16.8 Å². The van der Waals surface area contributed by atoms with E-state index in [0.717, 1.165) is 80.3 Å². The maximum atomic E-state index is 11.0. The van der Waals surface area contributed by atoms with Crippen LogP contribution in [0.5, 0.6) is 0 Å². The van der Waals surface area contributed by atoms with E-state index >= 15 is 0 Å². The number of para-hydroxylation sites is 8. The Balaban J connectivity index is 0.000000147. The Morgan fingerprint density at radius 1 is 0.376 bits per heavy atom. The van der Waals surface area contributed by atoms with Gasteiger partial charge in [0.1, 0.15) is 0 Å². The smallest absolute Gasteiger partial charge is 0.264 e. The number of nitrogens with one attached hydrogen (secondary N) is 1. The number of halogens is 2. The summed E-state index contributed by atoms with van der Waals surface area (Å²) in [7, 11) is -6.72. The summed E-state index contributed by atoms with van der Waals surface area (Å²) in [5.41, 5.74) is 9.89. The molecule has 4 aromatic heterocycles. The number of aromatic nitrogens is 4. The van der Waals surface area contributed by atoms with Gasteiger partial charge in [-0.3, -0.25) is 8.37 Å². The molecule has 1 aliphatic heterocycles. The molecule has 2 N–H and O–H groups in total. The van der Waals surface area contributed by atoms with Gasteiger partial charge in [-0.1, -0.05) is 146 Å². The highest BCUT2D eigenvalue weighted by Crippen LogP contribution is 2.33. The fraction of sp³-hybridized carbons (Fsp3) is 0.294. The number of hydrogen-bond donors (Lipinski definition) is 2. The molecule has 0 spiro atoms. The molecule has 448 valence electrons. The Morgan fingerprint density at radius 2 is 0.600 bits per heavy atom. The third-order valence-corrected chi connectivity index (χ3v) is 16.6. The number of rotatable bonds is 17. The van der Waals surface area contributed by atoms with Gasteiger partial charge in [0, 0.05) is 145 Å². The second-order valence-electron chi connectivity index (χ2n) is 21.7. The van der Waals surface area contributed by atoms with E-state index in [1.54, 1.807) is 0 Å². The van der Waals surface area contributed by atoms with Crippen LogP contribution in [0.3, 0.4) is 0 Å². The van der Waals surface area contributed by atoms with Crippen LogP contribution in [0, 0.1) is 0 Å². The highest BCUT2D eigenvalue weighted by atomic mass is 35.5. The molecule has 0 amide bonds. The molecular formula is C68H78Cl2N6O7S2. The second-order valence-corrected chi connectivity index (χ2v) is 25.0. The van der Waals surface area contributed by atoms with Gasteiger partial charge in [-0.2, -0.15) is 16.8 Å². The topological polar surface area (TPSA) is 142 Å². The fourth-order valence-corrected chi connectivity index (χ4v) is 13.0. The number of aryl methyl sites for hydroxylation is 4. The molecule has 0 saturated carbocycles. The van der Waals surface area contributed by atoms with Crippen molar-refractivity contribution < 1.29 is 30.3 Å². The van der Waals surface area contributed by atoms with Gasteiger partial charge in [0.25, 0.3) is 20.2 Å². The van der Waals surface area contributed by atoms with Crippen molar-refractivity contribution in [3.05, 3.63) is 194 Å². The predicted molar refractivity (Wildman–Crippen MR) is 358 cm³/mol. The third kappa shape index (κ3) is 15.6. The van der Waals surface area contributed by atoms with Crippen molar-refractivity contribution in [2.75, 3.05) is 52.0 Å². The zero-order valence-corrected chi connectivity index (χ0v) is 52.1. The molecular weight excluding hydrogens is 1150 g/mol. The van der Waals surface area contributed by atoms with Gasteiger partial charge >= 0.3 is 0 Å². The molecule has 0 radical (unpaired) electrons. The molecule has 13 nitrogen and oxygen atoms in total. The van der Waals surface area contributed by atoms with Crippen LogP contribution in [0.4, 0.5) is 0 Å². The van der Waals surface area contributed by atoms with Crippen molar-refractivity contribution in [1.82, 2.24) is 28.5 Å². The minimum absolute atomic E-state index is 0. The van der Waals surface area contributed by atoms with Gasteiger partial charge in [-0.15, -0.1) is 24.8 Å². The van der Waals surface area contributed by atoms with Gasteiger partial charge in [0.15, 0.2) is 0 Å². The fourth-order valence-electron chi connectivity index (χ4n) is 12.1. The lowest BCUT2D eigenvalue weighted by Gasteiger charge is -2.36. The first-order chi connectivity index (χ1) is 40.3. The Hall–Kier alpha value is -6.76. The molecule has 13 rings (SSSR count). The summed E-state index contributed by atoms with van der Waals surface area (Å²) in [6.45, 7) is 12.1. The third-order valence-electron chi connectivity index (χ3n) is 15.4. The first-order valence-electron chi connectivity index (χ1n) is 28.9. The molecule has 1 aliphatic rings. The van der Waals surface area contributed by atoms with E-state index in [-0.39, 0.29) is 44.6 Å². The van der Waals surface area contributed by atoms with E-state index in [2.05, 4.69) is 188 Å². The van der Waals surface area contributed by atoms with Crippen molar-refractivity contribution in [2.24, 2.45) is 0 Å². The zero-order chi connectivity index (χ0) is 57.9. The van der Waals surface area contributed by atoms with Crippen LogP contribution in [0.2, 0.25) is 0 Å². The standard InChI is InChI=1S/C21H27N3.2C16H17NO3S.C15H15NO.2ClH/c1-16-14-23(15-17(2)22-16)12-7-13-24-20-10-5-3-8-18(20)19-9-4-6-11-21(19)24;2*1-21(18,19)20-12-6-11-17-15-9-4-2-7-13(15)14-8-3-5-10-16(14)17;17-11-5-10-16-14-8-3-1-6-12(14)13-7-2-4-9-15(13)16;;/h3-6,8-11,16-17,22H,7,12-15H2,1-2H3;2*2-5,7-10H,6,11-12H2,1H3;1-4,6-9,17H,5,10-11H2;2*1H/t16-,17+;;;;;. The van der Waals surface area contributed by atoms with E-state index in [4.69, 9.17) is 13.5 Å². The van der Waals surface area contributed by atoms with Gasteiger partial charge in [-0.25, -0.2) is 0 Å². The van der Waals surface area contributed by atoms with Crippen LogP contribution in [0.25, 0.3) is 87.2 Å². The summed E-state index contributed by atoms with van der Waals surface area (Å²) in [5, 5.41) is 22.8. The van der Waals surface area contributed by atoms with Crippen LogP contribution >= 0.6 is 24.8 Å². The monoisotopic (exact) mass is 1220 g/mol. The maximum Gasteiger partial charge on any atom is 0.264 e. The molecule has 0 bridgehead atoms. The summed E-state index contributed by atoms with van der Waals surface area (Å²) in [5.74, 6) is 0. The highest BCUT2D eigenvalue weighted by molar-refractivity contribution is 7.86. The summed E-state index contributed by atoms with van der Waals surface area (Å²) in [4.78, 5) is 2.61. The summed E-state index contributed by atoms with van der Waals surface area (Å²) >= 11 is 0. The molecule has 0 aliphatic carbocycles. The first kappa shape index (κ1) is 64.2. The minimum atomic E-state index is -3.36. The van der Waals surface area contributed by atoms with E-state index in [1.165, 1.54) is 78.1 Å². The van der Waals surface area contributed by atoms with Crippen LogP contribution in [-0.4, -0.2) is 109 Å². The number of benzene rings is 8. The molecule has 17 heteroatoms. The van der Waals surface area contributed by atoms with Crippen molar-refractivity contribution in [1.29, 1.82) is 0 Å². The predicted octanol–water partition coefficient (Wildman–Crippen LogP) is 14.2. The van der Waals surface area contributed by atoms with Crippen molar-refractivity contribution in [3.63, 3.8) is 0 Å². The van der Waals surface area contributed by atoms with Crippen molar-refractivity contribution in [3.8, 4) is 0 Å². The van der Waals surface area contributed by atoms with Gasteiger partial charge < -0.3 is 33.6 Å². The minimum Gasteiger partial charge on any atom is -0.396 e. The van der Waals surface area contributed by atoms with Gasteiger partial charge in [0.2, 0.25) is 0 Å². The molecule has 85 heavy (non-hydrogen) atoms. The lowest BCUT2D eigenvalue weighted by Crippen LogP contribution is -2.54. The Labute approximate surface area is 511 Å². The Morgan fingerprint density at radius 3 is 0.835 bits per heavy atom. The van der Waals surface area contributed by atoms with Crippen LogP contribution in [-0.2, 0) is 54.8 Å². The van der Waals surface area contributed by atoms with Crippen LogP contribution in [0.15, 0.2) is 194 Å². The largest absolute Gasteiger partial charge is 0.396 e. The van der Waals surface area contributed by atoms with Gasteiger partial charge in [0.05, 0.1) is 25.7 Å².